The number of aromatic nitrogens is 2. The second kappa shape index (κ2) is 8.66. The van der Waals surface area contributed by atoms with Crippen LogP contribution in [0, 0.1) is 11.6 Å². The number of nitrogens with one attached hydrogen (secondary N) is 3. The molecule has 0 saturated heterocycles. The second-order valence-electron chi connectivity index (χ2n) is 6.46. The maximum atomic E-state index is 14.4. The molecule has 0 radical (unpaired) electrons. The Morgan fingerprint density at radius 3 is 2.71 bits per heavy atom. The number of carbonyl (C=O) groups is 1. The van der Waals surface area contributed by atoms with Crippen LogP contribution in [-0.2, 0) is 0 Å². The molecule has 148 valence electrons. The van der Waals surface area contributed by atoms with Crippen LogP contribution in [-0.4, -0.2) is 48.1 Å². The Kier molecular flexibility index (Phi) is 6.05. The van der Waals surface area contributed by atoms with Gasteiger partial charge in [0.1, 0.15) is 11.4 Å². The minimum atomic E-state index is -0.927. The number of hydrogen-bond acceptors (Lipinski definition) is 4. The van der Waals surface area contributed by atoms with Gasteiger partial charge in [0.25, 0.3) is 0 Å². The van der Waals surface area contributed by atoms with E-state index >= 15 is 0 Å². The third-order valence-corrected chi connectivity index (χ3v) is 3.96. The maximum Gasteiger partial charge on any atom is 0.319 e. The van der Waals surface area contributed by atoms with Gasteiger partial charge in [-0.15, -0.1) is 0 Å². The third-order valence-electron chi connectivity index (χ3n) is 3.96. The van der Waals surface area contributed by atoms with E-state index in [0.717, 1.165) is 25.1 Å². The molecular weight excluding hydrogens is 368 g/mol. The summed E-state index contributed by atoms with van der Waals surface area (Å²) in [5.41, 5.74) is 0.538. The van der Waals surface area contributed by atoms with Gasteiger partial charge in [0.05, 0.1) is 5.39 Å². The van der Waals surface area contributed by atoms with Crippen molar-refractivity contribution in [3.63, 3.8) is 0 Å². The molecule has 0 aliphatic heterocycles. The lowest BCUT2D eigenvalue weighted by Gasteiger charge is -2.12. The number of pyridine rings is 1. The van der Waals surface area contributed by atoms with Crippen LogP contribution < -0.4 is 15.4 Å². The lowest BCUT2D eigenvalue weighted by atomic mass is 10.2. The summed E-state index contributed by atoms with van der Waals surface area (Å²) in [6.45, 7) is 1.27. The highest BCUT2D eigenvalue weighted by atomic mass is 19.1. The number of H-pyrrole nitrogens is 1. The normalized spacial score (nSPS) is 11.0. The molecule has 0 spiro atoms. The van der Waals surface area contributed by atoms with Crippen molar-refractivity contribution in [2.24, 2.45) is 0 Å². The van der Waals surface area contributed by atoms with E-state index in [-0.39, 0.29) is 11.4 Å². The largest absolute Gasteiger partial charge is 0.450 e. The van der Waals surface area contributed by atoms with E-state index in [2.05, 4.69) is 20.6 Å². The fourth-order valence-electron chi connectivity index (χ4n) is 2.64. The fraction of sp³-hybridized carbons (Fsp3) is 0.263. The molecule has 0 bridgehead atoms. The van der Waals surface area contributed by atoms with Crippen LogP contribution >= 0.6 is 0 Å². The average molecular weight is 389 g/mol. The predicted molar refractivity (Wildman–Crippen MR) is 103 cm³/mol. The molecule has 0 aliphatic rings. The highest BCUT2D eigenvalue weighted by Gasteiger charge is 2.16. The first-order chi connectivity index (χ1) is 13.4. The summed E-state index contributed by atoms with van der Waals surface area (Å²) in [6.07, 6.45) is 3.89. The molecule has 2 aromatic heterocycles. The zero-order valence-electron chi connectivity index (χ0n) is 15.6. The van der Waals surface area contributed by atoms with Gasteiger partial charge < -0.3 is 25.3 Å². The van der Waals surface area contributed by atoms with Crippen LogP contribution in [0.2, 0.25) is 0 Å². The standard InChI is InChI=1S/C19H21F2N5O2/c1-26(2)9-3-6-24-19(27)25-12-10-14(20)17(15(21)11-12)28-16-5-8-23-18-13(16)4-7-22-18/h4-5,7-8,10-11H,3,6,9H2,1-2H3,(H,22,23)(H2,24,25,27). The topological polar surface area (TPSA) is 82.3 Å². The molecule has 3 rings (SSSR count). The van der Waals surface area contributed by atoms with E-state index < -0.39 is 23.4 Å². The molecule has 7 nitrogen and oxygen atoms in total. The Morgan fingerprint density at radius 1 is 1.25 bits per heavy atom. The molecule has 0 atom stereocenters. The summed E-state index contributed by atoms with van der Waals surface area (Å²) in [5.74, 6) is -2.14. The molecule has 0 fully saturated rings. The van der Waals surface area contributed by atoms with E-state index in [1.807, 2.05) is 19.0 Å². The van der Waals surface area contributed by atoms with Gasteiger partial charge >= 0.3 is 6.03 Å². The van der Waals surface area contributed by atoms with Crippen molar-refractivity contribution in [3.05, 3.63) is 48.3 Å². The van der Waals surface area contributed by atoms with E-state index in [4.69, 9.17) is 4.74 Å². The Morgan fingerprint density at radius 2 is 2.00 bits per heavy atom. The van der Waals surface area contributed by atoms with E-state index in [9.17, 15) is 13.6 Å². The Bertz CT molecular complexity index is 951. The molecule has 1 aromatic carbocycles. The minimum Gasteiger partial charge on any atom is -0.450 e. The number of anilines is 1. The average Bonchev–Trinajstić information content (AvgIpc) is 3.11. The first-order valence-corrected chi connectivity index (χ1v) is 8.72. The van der Waals surface area contributed by atoms with Gasteiger partial charge in [-0.1, -0.05) is 0 Å². The van der Waals surface area contributed by atoms with Crippen molar-refractivity contribution in [3.8, 4) is 11.5 Å². The van der Waals surface area contributed by atoms with Crippen LogP contribution in [0.5, 0.6) is 11.5 Å². The van der Waals surface area contributed by atoms with Gasteiger partial charge in [0.15, 0.2) is 17.4 Å². The van der Waals surface area contributed by atoms with Gasteiger partial charge in [-0.2, -0.15) is 0 Å². The fourth-order valence-corrected chi connectivity index (χ4v) is 2.64. The molecule has 3 aromatic rings. The summed E-state index contributed by atoms with van der Waals surface area (Å²) in [4.78, 5) is 20.8. The molecule has 0 unspecified atom stereocenters. The highest BCUT2D eigenvalue weighted by Crippen LogP contribution is 2.33. The first-order valence-electron chi connectivity index (χ1n) is 8.72. The monoisotopic (exact) mass is 389 g/mol. The molecule has 0 saturated carbocycles. The number of benzene rings is 1. The van der Waals surface area contributed by atoms with Crippen molar-refractivity contribution >= 4 is 22.8 Å². The molecular formula is C19H21F2N5O2. The number of aromatic amines is 1. The third kappa shape index (κ3) is 4.74. The number of ether oxygens (including phenoxy) is 1. The number of rotatable bonds is 7. The van der Waals surface area contributed by atoms with Gasteiger partial charge in [-0.05, 0) is 39.2 Å². The molecule has 9 heteroatoms. The van der Waals surface area contributed by atoms with Gasteiger partial charge in [-0.25, -0.2) is 18.6 Å². The van der Waals surface area contributed by atoms with Crippen molar-refractivity contribution in [2.45, 2.75) is 6.42 Å². The van der Waals surface area contributed by atoms with Crippen LogP contribution in [0.1, 0.15) is 6.42 Å². The van der Waals surface area contributed by atoms with E-state index in [0.29, 0.717) is 17.6 Å². The maximum absolute atomic E-state index is 14.4. The molecule has 0 aliphatic carbocycles. The first kappa shape index (κ1) is 19.6. The lowest BCUT2D eigenvalue weighted by Crippen LogP contribution is -2.31. The van der Waals surface area contributed by atoms with Crippen LogP contribution in [0.3, 0.4) is 0 Å². The summed E-state index contributed by atoms with van der Waals surface area (Å²) in [7, 11) is 3.87. The van der Waals surface area contributed by atoms with Crippen LogP contribution in [0.25, 0.3) is 11.0 Å². The number of urea groups is 1. The Labute approximate surface area is 160 Å². The van der Waals surface area contributed by atoms with E-state index in [1.165, 1.54) is 12.3 Å². The van der Waals surface area contributed by atoms with Gasteiger partial charge in [0, 0.05) is 36.8 Å². The molecule has 2 heterocycles. The smallest absolute Gasteiger partial charge is 0.319 e. The number of carbonyl (C=O) groups excluding carboxylic acids is 1. The quantitative estimate of drug-likeness (QED) is 0.538. The number of hydrogen-bond donors (Lipinski definition) is 3. The van der Waals surface area contributed by atoms with Crippen molar-refractivity contribution in [2.75, 3.05) is 32.5 Å². The minimum absolute atomic E-state index is 0.00557. The summed E-state index contributed by atoms with van der Waals surface area (Å²) < 4.78 is 34.2. The number of amides is 2. The van der Waals surface area contributed by atoms with Crippen molar-refractivity contribution in [1.82, 2.24) is 20.2 Å². The lowest BCUT2D eigenvalue weighted by molar-refractivity contribution is 0.251. The molecule has 3 N–H and O–H groups in total. The Balaban J connectivity index is 1.67. The zero-order chi connectivity index (χ0) is 20.1. The van der Waals surface area contributed by atoms with Crippen LogP contribution in [0.15, 0.2) is 36.7 Å². The second-order valence-corrected chi connectivity index (χ2v) is 6.46. The number of fused-ring (bicyclic) bond motifs is 1. The SMILES string of the molecule is CN(C)CCCNC(=O)Nc1cc(F)c(Oc2ccnc3[nH]ccc23)c(F)c1. The van der Waals surface area contributed by atoms with Gasteiger partial charge in [0.2, 0.25) is 0 Å². The van der Waals surface area contributed by atoms with Crippen molar-refractivity contribution < 1.29 is 18.3 Å². The number of nitrogens with zero attached hydrogens (tertiary/aromatic N) is 2. The molecule has 2 amide bonds. The predicted octanol–water partition coefficient (Wildman–Crippen LogP) is 3.71. The van der Waals surface area contributed by atoms with E-state index in [1.54, 1.807) is 12.3 Å². The summed E-state index contributed by atoms with van der Waals surface area (Å²) in [6, 6.07) is 4.70. The van der Waals surface area contributed by atoms with Crippen LogP contribution in [0.4, 0.5) is 19.3 Å². The Hall–Kier alpha value is -3.20. The summed E-state index contributed by atoms with van der Waals surface area (Å²) in [5, 5.41) is 5.65. The van der Waals surface area contributed by atoms with Gasteiger partial charge in [-0.3, -0.25) is 0 Å². The summed E-state index contributed by atoms with van der Waals surface area (Å²) >= 11 is 0. The van der Waals surface area contributed by atoms with Crippen molar-refractivity contribution in [1.29, 1.82) is 0 Å². The zero-order valence-corrected chi connectivity index (χ0v) is 15.6. The highest BCUT2D eigenvalue weighted by molar-refractivity contribution is 5.89. The molecule has 28 heavy (non-hydrogen) atoms. The number of halogens is 2.